The first-order valence-electron chi connectivity index (χ1n) is 5.63. The topological polar surface area (TPSA) is 69.2 Å². The fraction of sp³-hybridized carbons (Fsp3) is 0.500. The van der Waals surface area contributed by atoms with E-state index >= 15 is 0 Å². The van der Waals surface area contributed by atoms with Gasteiger partial charge in [-0.25, -0.2) is 0 Å². The first-order chi connectivity index (χ1) is 7.91. The van der Waals surface area contributed by atoms with Crippen LogP contribution < -0.4 is 5.73 Å². The van der Waals surface area contributed by atoms with Gasteiger partial charge in [0.15, 0.2) is 0 Å². The number of hydrogen-bond donors (Lipinski definition) is 1. The average Bonchev–Trinajstić information content (AvgIpc) is 2.31. The van der Waals surface area contributed by atoms with Crippen molar-refractivity contribution in [3.8, 4) is 0 Å². The quantitative estimate of drug-likeness (QED) is 0.669. The van der Waals surface area contributed by atoms with E-state index in [1.54, 1.807) is 6.07 Å². The van der Waals surface area contributed by atoms with Crippen LogP contribution in [0, 0.1) is 10.1 Å². The Morgan fingerprint density at radius 1 is 1.41 bits per heavy atom. The second-order valence-electron chi connectivity index (χ2n) is 4.28. The molecule has 0 saturated carbocycles. The second kappa shape index (κ2) is 5.60. The number of nitro benzene ring substituents is 1. The van der Waals surface area contributed by atoms with Gasteiger partial charge in [-0.2, -0.15) is 0 Å². The van der Waals surface area contributed by atoms with E-state index in [-0.39, 0.29) is 16.1 Å². The van der Waals surface area contributed by atoms with Crippen LogP contribution in [-0.2, 0) is 6.42 Å². The number of hydrogen-bond acceptors (Lipinski definition) is 3. The molecule has 0 unspecified atom stereocenters. The number of benzene rings is 1. The van der Waals surface area contributed by atoms with E-state index in [1.165, 1.54) is 6.07 Å². The summed E-state index contributed by atoms with van der Waals surface area (Å²) in [6.45, 7) is 4.02. The number of nitrogens with two attached hydrogens (primary N) is 1. The molecule has 1 aromatic rings. The Labute approximate surface area is 109 Å². The van der Waals surface area contributed by atoms with Crippen molar-refractivity contribution in [3.05, 3.63) is 38.3 Å². The molecule has 1 aromatic carbocycles. The Morgan fingerprint density at radius 3 is 2.47 bits per heavy atom. The molecule has 0 radical (unpaired) electrons. The second-order valence-corrected chi connectivity index (χ2v) is 5.19. The number of rotatable bonds is 5. The zero-order valence-electron chi connectivity index (χ0n) is 10.1. The third-order valence-electron chi connectivity index (χ3n) is 3.19. The zero-order chi connectivity index (χ0) is 13.1. The molecule has 94 valence electrons. The third kappa shape index (κ3) is 3.51. The van der Waals surface area contributed by atoms with E-state index in [0.717, 1.165) is 12.8 Å². The Bertz CT molecular complexity index is 417. The summed E-state index contributed by atoms with van der Waals surface area (Å²) in [6.07, 6.45) is 2.14. The van der Waals surface area contributed by atoms with Gasteiger partial charge in [0.1, 0.15) is 0 Å². The van der Waals surface area contributed by atoms with Crippen molar-refractivity contribution in [2.24, 2.45) is 5.73 Å². The molecular weight excluding hydrogens is 284 g/mol. The van der Waals surface area contributed by atoms with E-state index in [1.807, 2.05) is 19.9 Å². The lowest BCUT2D eigenvalue weighted by Crippen LogP contribution is -2.40. The van der Waals surface area contributed by atoms with Gasteiger partial charge in [0.2, 0.25) is 0 Å². The van der Waals surface area contributed by atoms with Gasteiger partial charge in [0.25, 0.3) is 5.69 Å². The highest BCUT2D eigenvalue weighted by atomic mass is 79.9. The minimum absolute atomic E-state index is 0.135. The molecule has 0 saturated heterocycles. The van der Waals surface area contributed by atoms with Crippen molar-refractivity contribution in [2.45, 2.75) is 38.6 Å². The molecule has 2 N–H and O–H groups in total. The van der Waals surface area contributed by atoms with Gasteiger partial charge < -0.3 is 5.73 Å². The molecule has 0 bridgehead atoms. The van der Waals surface area contributed by atoms with E-state index in [4.69, 9.17) is 5.73 Å². The predicted molar refractivity (Wildman–Crippen MR) is 72.0 cm³/mol. The van der Waals surface area contributed by atoms with Crippen molar-refractivity contribution in [1.29, 1.82) is 0 Å². The Kier molecular flexibility index (Phi) is 4.65. The van der Waals surface area contributed by atoms with Gasteiger partial charge in [-0.15, -0.1) is 0 Å². The van der Waals surface area contributed by atoms with Gasteiger partial charge >= 0.3 is 0 Å². The molecule has 0 heterocycles. The summed E-state index contributed by atoms with van der Waals surface area (Å²) in [5.74, 6) is 0. The number of nitro groups is 1. The molecule has 0 aliphatic heterocycles. The van der Waals surface area contributed by atoms with Crippen molar-refractivity contribution in [2.75, 3.05) is 0 Å². The van der Waals surface area contributed by atoms with Gasteiger partial charge in [-0.3, -0.25) is 10.1 Å². The van der Waals surface area contributed by atoms with Crippen molar-refractivity contribution >= 4 is 21.6 Å². The van der Waals surface area contributed by atoms with Crippen LogP contribution in [0.5, 0.6) is 0 Å². The van der Waals surface area contributed by atoms with E-state index in [9.17, 15) is 10.1 Å². The van der Waals surface area contributed by atoms with Crippen LogP contribution in [0.1, 0.15) is 32.3 Å². The van der Waals surface area contributed by atoms with Gasteiger partial charge in [0, 0.05) is 21.6 Å². The third-order valence-corrected chi connectivity index (χ3v) is 3.69. The highest BCUT2D eigenvalue weighted by Gasteiger charge is 2.25. The highest BCUT2D eigenvalue weighted by molar-refractivity contribution is 9.10. The molecule has 5 heteroatoms. The molecule has 0 atom stereocenters. The van der Waals surface area contributed by atoms with Crippen LogP contribution in [0.4, 0.5) is 5.69 Å². The largest absolute Gasteiger partial charge is 0.325 e. The van der Waals surface area contributed by atoms with Gasteiger partial charge in [-0.05, 0) is 25.3 Å². The molecule has 1 rings (SSSR count). The van der Waals surface area contributed by atoms with Gasteiger partial charge in [0.05, 0.1) is 4.92 Å². The fourth-order valence-electron chi connectivity index (χ4n) is 1.74. The Morgan fingerprint density at radius 2 is 2.00 bits per heavy atom. The minimum Gasteiger partial charge on any atom is -0.325 e. The van der Waals surface area contributed by atoms with Crippen LogP contribution in [0.3, 0.4) is 0 Å². The molecule has 0 aromatic heterocycles. The monoisotopic (exact) mass is 300 g/mol. The van der Waals surface area contributed by atoms with Crippen molar-refractivity contribution < 1.29 is 4.92 Å². The summed E-state index contributed by atoms with van der Waals surface area (Å²) in [7, 11) is 0. The molecule has 4 nitrogen and oxygen atoms in total. The Balaban J connectivity index is 3.10. The average molecular weight is 301 g/mol. The summed E-state index contributed by atoms with van der Waals surface area (Å²) in [6, 6.07) is 5.12. The molecule has 17 heavy (non-hydrogen) atoms. The molecule has 0 aliphatic carbocycles. The van der Waals surface area contributed by atoms with Crippen LogP contribution >= 0.6 is 15.9 Å². The number of nitrogens with zero attached hydrogens (tertiary/aromatic N) is 1. The molecule has 0 spiro atoms. The lowest BCUT2D eigenvalue weighted by molar-refractivity contribution is -0.385. The van der Waals surface area contributed by atoms with Crippen molar-refractivity contribution in [3.63, 3.8) is 0 Å². The maximum Gasteiger partial charge on any atom is 0.273 e. The Hall–Kier alpha value is -0.940. The standard InChI is InChI=1S/C12H17BrN2O2/c1-3-12(14,4-2)8-9-5-6-10(13)7-11(9)15(16)17/h5-7H,3-4,8,14H2,1-2H3. The van der Waals surface area contributed by atoms with Crippen LogP contribution in [-0.4, -0.2) is 10.5 Å². The summed E-state index contributed by atoms with van der Waals surface area (Å²) >= 11 is 3.24. The normalized spacial score (nSPS) is 11.5. The first-order valence-corrected chi connectivity index (χ1v) is 6.43. The summed E-state index contributed by atoms with van der Waals surface area (Å²) in [4.78, 5) is 10.6. The predicted octanol–water partition coefficient (Wildman–Crippen LogP) is 3.42. The summed E-state index contributed by atoms with van der Waals surface area (Å²) < 4.78 is 0.712. The SMILES string of the molecule is CCC(N)(CC)Cc1ccc(Br)cc1[N+](=O)[O-]. The van der Waals surface area contributed by atoms with Crippen molar-refractivity contribution in [1.82, 2.24) is 0 Å². The maximum atomic E-state index is 11.0. The maximum absolute atomic E-state index is 11.0. The highest BCUT2D eigenvalue weighted by Crippen LogP contribution is 2.28. The molecule has 0 fully saturated rings. The fourth-order valence-corrected chi connectivity index (χ4v) is 2.08. The van der Waals surface area contributed by atoms with Crippen LogP contribution in [0.2, 0.25) is 0 Å². The van der Waals surface area contributed by atoms with E-state index in [2.05, 4.69) is 15.9 Å². The minimum atomic E-state index is -0.363. The molecule has 0 aliphatic rings. The molecular formula is C12H17BrN2O2. The summed E-state index contributed by atoms with van der Waals surface area (Å²) in [5, 5.41) is 11.0. The zero-order valence-corrected chi connectivity index (χ0v) is 11.7. The first kappa shape index (κ1) is 14.1. The van der Waals surface area contributed by atoms with Gasteiger partial charge in [-0.1, -0.05) is 35.8 Å². The molecule has 0 amide bonds. The van der Waals surface area contributed by atoms with E-state index < -0.39 is 0 Å². The van der Waals surface area contributed by atoms with Crippen LogP contribution in [0.15, 0.2) is 22.7 Å². The smallest absolute Gasteiger partial charge is 0.273 e. The lowest BCUT2D eigenvalue weighted by Gasteiger charge is -2.26. The summed E-state index contributed by atoms with van der Waals surface area (Å²) in [5.41, 5.74) is 6.67. The van der Waals surface area contributed by atoms with Crippen LogP contribution in [0.25, 0.3) is 0 Å². The van der Waals surface area contributed by atoms with E-state index in [0.29, 0.717) is 16.5 Å². The lowest BCUT2D eigenvalue weighted by atomic mass is 9.86. The number of halogens is 1.